The van der Waals surface area contributed by atoms with E-state index in [9.17, 15) is 4.39 Å². The maximum atomic E-state index is 12.9. The summed E-state index contributed by atoms with van der Waals surface area (Å²) >= 11 is 5.69. The van der Waals surface area contributed by atoms with Crippen LogP contribution in [0.5, 0.6) is 0 Å². The molecule has 0 aliphatic heterocycles. The summed E-state index contributed by atoms with van der Waals surface area (Å²) < 4.78 is 14.6. The molecule has 0 aliphatic rings. The van der Waals surface area contributed by atoms with Gasteiger partial charge in [0, 0.05) is 20.1 Å². The molecule has 90 valence electrons. The molecule has 0 fully saturated rings. The molecule has 0 saturated carbocycles. The predicted molar refractivity (Wildman–Crippen MR) is 63.0 cm³/mol. The highest BCUT2D eigenvalue weighted by Gasteiger charge is 2.02. The van der Waals surface area contributed by atoms with Crippen molar-refractivity contribution >= 4 is 11.6 Å². The second-order valence-electron chi connectivity index (χ2n) is 3.70. The van der Waals surface area contributed by atoms with Crippen molar-refractivity contribution in [2.45, 2.75) is 13.1 Å². The minimum Gasteiger partial charge on any atom is -0.307 e. The Morgan fingerprint density at radius 2 is 2.24 bits per heavy atom. The van der Waals surface area contributed by atoms with Crippen molar-refractivity contribution in [1.29, 1.82) is 0 Å². The fraction of sp³-hybridized carbons (Fsp3) is 0.273. The molecule has 1 N–H and O–H groups in total. The van der Waals surface area contributed by atoms with Gasteiger partial charge in [-0.15, -0.1) is 5.10 Å². The number of halogens is 2. The summed E-state index contributed by atoms with van der Waals surface area (Å²) in [4.78, 5) is 0. The van der Waals surface area contributed by atoms with Crippen molar-refractivity contribution in [1.82, 2.24) is 20.3 Å². The van der Waals surface area contributed by atoms with Crippen molar-refractivity contribution in [2.24, 2.45) is 7.05 Å². The highest BCUT2D eigenvalue weighted by Crippen LogP contribution is 2.15. The molecule has 0 radical (unpaired) electrons. The van der Waals surface area contributed by atoms with Crippen LogP contribution in [0.4, 0.5) is 4.39 Å². The van der Waals surface area contributed by atoms with E-state index in [1.807, 2.05) is 7.05 Å². The molecule has 6 heteroatoms. The van der Waals surface area contributed by atoms with Gasteiger partial charge in [-0.3, -0.25) is 4.68 Å². The highest BCUT2D eigenvalue weighted by atomic mass is 35.5. The number of hydrogen-bond donors (Lipinski definition) is 1. The van der Waals surface area contributed by atoms with E-state index in [0.29, 0.717) is 13.1 Å². The van der Waals surface area contributed by atoms with Gasteiger partial charge in [-0.25, -0.2) is 4.39 Å². The SMILES string of the molecule is Cn1nncc1CNCc1ccc(F)c(Cl)c1. The van der Waals surface area contributed by atoms with E-state index >= 15 is 0 Å². The van der Waals surface area contributed by atoms with Crippen LogP contribution < -0.4 is 5.32 Å². The van der Waals surface area contributed by atoms with Crippen molar-refractivity contribution in [3.8, 4) is 0 Å². The molecular formula is C11H12ClFN4. The molecule has 1 aromatic heterocycles. The summed E-state index contributed by atoms with van der Waals surface area (Å²) in [7, 11) is 1.83. The molecule has 2 rings (SSSR count). The number of aromatic nitrogens is 3. The number of nitrogens with zero attached hydrogens (tertiary/aromatic N) is 3. The lowest BCUT2D eigenvalue weighted by Gasteiger charge is -2.05. The van der Waals surface area contributed by atoms with Crippen molar-refractivity contribution < 1.29 is 4.39 Å². The molecule has 0 saturated heterocycles. The second kappa shape index (κ2) is 5.25. The van der Waals surface area contributed by atoms with Gasteiger partial charge in [0.2, 0.25) is 0 Å². The number of nitrogens with one attached hydrogen (secondary N) is 1. The first-order valence-electron chi connectivity index (χ1n) is 5.15. The Morgan fingerprint density at radius 1 is 1.41 bits per heavy atom. The molecule has 2 aromatic rings. The Morgan fingerprint density at radius 3 is 2.88 bits per heavy atom. The van der Waals surface area contributed by atoms with Gasteiger partial charge >= 0.3 is 0 Å². The van der Waals surface area contributed by atoms with Gasteiger partial charge in [0.25, 0.3) is 0 Å². The van der Waals surface area contributed by atoms with Gasteiger partial charge in [0.15, 0.2) is 0 Å². The van der Waals surface area contributed by atoms with E-state index in [4.69, 9.17) is 11.6 Å². The number of aryl methyl sites for hydroxylation is 1. The van der Waals surface area contributed by atoms with Crippen LogP contribution in [0.1, 0.15) is 11.3 Å². The second-order valence-corrected chi connectivity index (χ2v) is 4.11. The number of rotatable bonds is 4. The van der Waals surface area contributed by atoms with E-state index in [-0.39, 0.29) is 5.02 Å². The van der Waals surface area contributed by atoms with Crippen molar-refractivity contribution in [3.05, 3.63) is 46.5 Å². The van der Waals surface area contributed by atoms with Gasteiger partial charge in [-0.05, 0) is 17.7 Å². The van der Waals surface area contributed by atoms with E-state index in [1.165, 1.54) is 6.07 Å². The van der Waals surface area contributed by atoms with Crippen LogP contribution in [-0.4, -0.2) is 15.0 Å². The Kier molecular flexibility index (Phi) is 3.71. The van der Waals surface area contributed by atoms with Crippen molar-refractivity contribution in [2.75, 3.05) is 0 Å². The van der Waals surface area contributed by atoms with Gasteiger partial charge in [0.05, 0.1) is 16.9 Å². The molecule has 1 heterocycles. The van der Waals surface area contributed by atoms with Crippen LogP contribution in [0.25, 0.3) is 0 Å². The van der Waals surface area contributed by atoms with Crippen LogP contribution in [0.2, 0.25) is 5.02 Å². The molecule has 17 heavy (non-hydrogen) atoms. The normalized spacial score (nSPS) is 10.8. The molecule has 1 aromatic carbocycles. The zero-order chi connectivity index (χ0) is 12.3. The van der Waals surface area contributed by atoms with E-state index in [2.05, 4.69) is 15.6 Å². The summed E-state index contributed by atoms with van der Waals surface area (Å²) in [5, 5.41) is 11.0. The molecule has 0 spiro atoms. The van der Waals surface area contributed by atoms with Crippen molar-refractivity contribution in [3.63, 3.8) is 0 Å². The summed E-state index contributed by atoms with van der Waals surface area (Å²) in [6, 6.07) is 4.69. The molecule has 0 bridgehead atoms. The van der Waals surface area contributed by atoms with E-state index in [1.54, 1.807) is 23.0 Å². The van der Waals surface area contributed by atoms with Crippen LogP contribution in [0.15, 0.2) is 24.4 Å². The largest absolute Gasteiger partial charge is 0.307 e. The quantitative estimate of drug-likeness (QED) is 0.906. The summed E-state index contributed by atoms with van der Waals surface area (Å²) in [6.07, 6.45) is 1.70. The molecular weight excluding hydrogens is 243 g/mol. The van der Waals surface area contributed by atoms with Crippen LogP contribution in [0, 0.1) is 5.82 Å². The Bertz CT molecular complexity index is 512. The Hall–Kier alpha value is -1.46. The predicted octanol–water partition coefficient (Wildman–Crippen LogP) is 1.90. The number of benzene rings is 1. The fourth-order valence-corrected chi connectivity index (χ4v) is 1.66. The number of hydrogen-bond acceptors (Lipinski definition) is 3. The minimum absolute atomic E-state index is 0.145. The zero-order valence-electron chi connectivity index (χ0n) is 9.32. The molecule has 0 atom stereocenters. The minimum atomic E-state index is -0.397. The first-order valence-corrected chi connectivity index (χ1v) is 5.53. The van der Waals surface area contributed by atoms with Crippen LogP contribution in [0.3, 0.4) is 0 Å². The standard InChI is InChI=1S/C11H12ClFN4/c1-17-9(7-15-16-17)6-14-5-8-2-3-11(13)10(12)4-8/h2-4,7,14H,5-6H2,1H3. The Labute approximate surface area is 103 Å². The average molecular weight is 255 g/mol. The van der Waals surface area contributed by atoms with Gasteiger partial charge in [-0.1, -0.05) is 22.9 Å². The third-order valence-electron chi connectivity index (χ3n) is 2.43. The molecule has 0 amide bonds. The summed E-state index contributed by atoms with van der Waals surface area (Å²) in [6.45, 7) is 1.27. The molecule has 0 aliphatic carbocycles. The lowest BCUT2D eigenvalue weighted by Crippen LogP contribution is -2.15. The maximum Gasteiger partial charge on any atom is 0.141 e. The zero-order valence-corrected chi connectivity index (χ0v) is 10.1. The topological polar surface area (TPSA) is 42.7 Å². The molecule has 0 unspecified atom stereocenters. The fourth-order valence-electron chi connectivity index (χ4n) is 1.46. The third-order valence-corrected chi connectivity index (χ3v) is 2.72. The first-order chi connectivity index (χ1) is 8.16. The van der Waals surface area contributed by atoms with E-state index < -0.39 is 5.82 Å². The average Bonchev–Trinajstić information content (AvgIpc) is 2.70. The molecule has 4 nitrogen and oxygen atoms in total. The van der Waals surface area contributed by atoms with Gasteiger partial charge < -0.3 is 5.32 Å². The van der Waals surface area contributed by atoms with Crippen LogP contribution >= 0.6 is 11.6 Å². The first kappa shape index (κ1) is 12.0. The monoisotopic (exact) mass is 254 g/mol. The summed E-state index contributed by atoms with van der Waals surface area (Å²) in [5.74, 6) is -0.397. The summed E-state index contributed by atoms with van der Waals surface area (Å²) in [5.41, 5.74) is 1.92. The van der Waals surface area contributed by atoms with Crippen LogP contribution in [-0.2, 0) is 20.1 Å². The van der Waals surface area contributed by atoms with E-state index in [0.717, 1.165) is 11.3 Å². The lowest BCUT2D eigenvalue weighted by atomic mass is 10.2. The highest BCUT2D eigenvalue weighted by molar-refractivity contribution is 6.30. The Balaban J connectivity index is 1.90. The lowest BCUT2D eigenvalue weighted by molar-refractivity contribution is 0.612. The smallest absolute Gasteiger partial charge is 0.141 e. The van der Waals surface area contributed by atoms with Gasteiger partial charge in [0.1, 0.15) is 5.82 Å². The maximum absolute atomic E-state index is 12.9. The van der Waals surface area contributed by atoms with Gasteiger partial charge in [-0.2, -0.15) is 0 Å². The third kappa shape index (κ3) is 3.01.